The molecule has 0 aliphatic rings. The lowest BCUT2D eigenvalue weighted by Crippen LogP contribution is -2.20. The van der Waals surface area contributed by atoms with E-state index in [-0.39, 0.29) is 5.41 Å². The maximum atomic E-state index is 10.3. The Morgan fingerprint density at radius 2 is 2.06 bits per heavy atom. The Hall–Kier alpha value is -0.990. The summed E-state index contributed by atoms with van der Waals surface area (Å²) in [5, 5.41) is 11.9. The molecule has 0 saturated carbocycles. The van der Waals surface area contributed by atoms with Gasteiger partial charge in [0.2, 0.25) is 0 Å². The number of aliphatic hydroxyl groups excluding tert-OH is 1. The molecule has 0 bridgehead atoms. The van der Waals surface area contributed by atoms with Gasteiger partial charge in [-0.05, 0) is 36.1 Å². The molecule has 0 aliphatic heterocycles. The number of fused-ring (bicyclic) bond motifs is 1. The molecule has 0 spiro atoms. The maximum absolute atomic E-state index is 10.3. The van der Waals surface area contributed by atoms with E-state index in [9.17, 15) is 5.11 Å². The van der Waals surface area contributed by atoms with Crippen LogP contribution >= 0.6 is 11.6 Å². The van der Waals surface area contributed by atoms with Crippen LogP contribution in [0.1, 0.15) is 39.1 Å². The smallest absolute Gasteiger partial charge is 0.134 e. The molecule has 17 heavy (non-hydrogen) atoms. The number of hydrogen-bond acceptors (Lipinski definition) is 2. The third kappa shape index (κ3) is 2.33. The zero-order valence-electron chi connectivity index (χ0n) is 10.3. The van der Waals surface area contributed by atoms with Gasteiger partial charge in [-0.3, -0.25) is 0 Å². The van der Waals surface area contributed by atoms with E-state index in [1.807, 2.05) is 32.0 Å². The van der Waals surface area contributed by atoms with Crippen molar-refractivity contribution >= 4 is 22.6 Å². The molecule has 2 nitrogen and oxygen atoms in total. The van der Waals surface area contributed by atoms with Crippen LogP contribution in [0, 0.1) is 5.41 Å². The lowest BCUT2D eigenvalue weighted by molar-refractivity contribution is 0.0300. The van der Waals surface area contributed by atoms with Crippen molar-refractivity contribution in [1.82, 2.24) is 0 Å². The first kappa shape index (κ1) is 12.5. The fourth-order valence-electron chi connectivity index (χ4n) is 1.75. The molecule has 1 atom stereocenters. The summed E-state index contributed by atoms with van der Waals surface area (Å²) in [5.74, 6) is 0.606. The largest absolute Gasteiger partial charge is 0.458 e. The Labute approximate surface area is 106 Å². The molecule has 92 valence electrons. The van der Waals surface area contributed by atoms with Gasteiger partial charge in [0.25, 0.3) is 0 Å². The molecule has 0 amide bonds. The lowest BCUT2D eigenvalue weighted by atomic mass is 9.83. The van der Waals surface area contributed by atoms with Gasteiger partial charge < -0.3 is 9.52 Å². The van der Waals surface area contributed by atoms with E-state index in [0.717, 1.165) is 17.4 Å². The first-order valence-corrected chi connectivity index (χ1v) is 6.19. The van der Waals surface area contributed by atoms with Crippen LogP contribution in [0.25, 0.3) is 11.0 Å². The van der Waals surface area contributed by atoms with Gasteiger partial charge in [0, 0.05) is 10.4 Å². The average Bonchev–Trinajstić information content (AvgIpc) is 2.70. The minimum atomic E-state index is -0.598. The third-order valence-electron chi connectivity index (χ3n) is 3.42. The fourth-order valence-corrected chi connectivity index (χ4v) is 1.93. The van der Waals surface area contributed by atoms with E-state index in [4.69, 9.17) is 16.0 Å². The summed E-state index contributed by atoms with van der Waals surface area (Å²) in [6.45, 7) is 6.11. The molecule has 2 rings (SSSR count). The summed E-state index contributed by atoms with van der Waals surface area (Å²) in [6.07, 6.45) is 0.282. The van der Waals surface area contributed by atoms with Crippen molar-refractivity contribution in [2.75, 3.05) is 0 Å². The van der Waals surface area contributed by atoms with E-state index in [1.54, 1.807) is 6.07 Å². The number of aliphatic hydroxyl groups is 1. The van der Waals surface area contributed by atoms with E-state index < -0.39 is 6.10 Å². The maximum Gasteiger partial charge on any atom is 0.134 e. The van der Waals surface area contributed by atoms with Crippen LogP contribution in [0.15, 0.2) is 28.7 Å². The quantitative estimate of drug-likeness (QED) is 0.869. The fraction of sp³-hybridized carbons (Fsp3) is 0.429. The van der Waals surface area contributed by atoms with Crippen molar-refractivity contribution in [2.45, 2.75) is 33.3 Å². The van der Waals surface area contributed by atoms with Crippen LogP contribution in [0.5, 0.6) is 0 Å². The number of hydrogen-bond donors (Lipinski definition) is 1. The second-order valence-corrected chi connectivity index (χ2v) is 5.51. The molecule has 0 fully saturated rings. The summed E-state index contributed by atoms with van der Waals surface area (Å²) in [7, 11) is 0. The van der Waals surface area contributed by atoms with Gasteiger partial charge in [-0.1, -0.05) is 32.4 Å². The first-order chi connectivity index (χ1) is 7.94. The minimum Gasteiger partial charge on any atom is -0.458 e. The van der Waals surface area contributed by atoms with Gasteiger partial charge >= 0.3 is 0 Å². The summed E-state index contributed by atoms with van der Waals surface area (Å²) in [6, 6.07) is 7.32. The highest BCUT2D eigenvalue weighted by molar-refractivity contribution is 6.31. The topological polar surface area (TPSA) is 33.4 Å². The predicted octanol–water partition coefficient (Wildman–Crippen LogP) is 4.56. The molecule has 3 heteroatoms. The van der Waals surface area contributed by atoms with Crippen LogP contribution in [-0.2, 0) is 0 Å². The zero-order chi connectivity index (χ0) is 12.6. The molecular weight excluding hydrogens is 236 g/mol. The summed E-state index contributed by atoms with van der Waals surface area (Å²) in [5.41, 5.74) is 0.563. The summed E-state index contributed by atoms with van der Waals surface area (Å²) in [4.78, 5) is 0. The van der Waals surface area contributed by atoms with Crippen LogP contribution in [0.3, 0.4) is 0 Å². The first-order valence-electron chi connectivity index (χ1n) is 5.81. The van der Waals surface area contributed by atoms with Crippen molar-refractivity contribution in [3.63, 3.8) is 0 Å². The zero-order valence-corrected chi connectivity index (χ0v) is 11.1. The van der Waals surface area contributed by atoms with Crippen LogP contribution < -0.4 is 0 Å². The molecule has 1 aromatic heterocycles. The van der Waals surface area contributed by atoms with Gasteiger partial charge in [0.05, 0.1) is 0 Å². The summed E-state index contributed by atoms with van der Waals surface area (Å²) < 4.78 is 5.66. The van der Waals surface area contributed by atoms with Crippen molar-refractivity contribution < 1.29 is 9.52 Å². The molecule has 1 heterocycles. The van der Waals surface area contributed by atoms with Crippen molar-refractivity contribution in [3.05, 3.63) is 35.0 Å². The number of benzene rings is 1. The van der Waals surface area contributed by atoms with E-state index in [2.05, 4.69) is 6.92 Å². The van der Waals surface area contributed by atoms with Crippen molar-refractivity contribution in [1.29, 1.82) is 0 Å². The van der Waals surface area contributed by atoms with Gasteiger partial charge in [-0.25, -0.2) is 0 Å². The monoisotopic (exact) mass is 252 g/mol. The second-order valence-electron chi connectivity index (χ2n) is 5.08. The molecule has 0 saturated heterocycles. The highest BCUT2D eigenvalue weighted by Crippen LogP contribution is 2.38. The molecular formula is C14H17ClO2. The highest BCUT2D eigenvalue weighted by atomic mass is 35.5. The predicted molar refractivity (Wildman–Crippen MR) is 70.3 cm³/mol. The van der Waals surface area contributed by atoms with Gasteiger partial charge in [0.1, 0.15) is 17.4 Å². The normalized spacial score (nSPS) is 14.2. The van der Waals surface area contributed by atoms with Crippen molar-refractivity contribution in [3.8, 4) is 0 Å². The molecule has 1 N–H and O–H groups in total. The van der Waals surface area contributed by atoms with E-state index in [0.29, 0.717) is 10.8 Å². The molecule has 0 aliphatic carbocycles. The minimum absolute atomic E-state index is 0.197. The Morgan fingerprint density at radius 1 is 1.35 bits per heavy atom. The van der Waals surface area contributed by atoms with Gasteiger partial charge in [-0.2, -0.15) is 0 Å². The molecule has 1 unspecified atom stereocenters. The van der Waals surface area contributed by atoms with Crippen LogP contribution in [-0.4, -0.2) is 5.11 Å². The van der Waals surface area contributed by atoms with Gasteiger partial charge in [-0.15, -0.1) is 0 Å². The molecule has 2 aromatic rings. The van der Waals surface area contributed by atoms with Crippen molar-refractivity contribution in [2.24, 2.45) is 5.41 Å². The highest BCUT2D eigenvalue weighted by Gasteiger charge is 2.29. The van der Waals surface area contributed by atoms with E-state index in [1.165, 1.54) is 0 Å². The van der Waals surface area contributed by atoms with Crippen LogP contribution in [0.4, 0.5) is 0 Å². The third-order valence-corrected chi connectivity index (χ3v) is 3.65. The lowest BCUT2D eigenvalue weighted by Gasteiger charge is -2.27. The second kappa shape index (κ2) is 4.35. The number of halogens is 1. The number of rotatable bonds is 3. The Morgan fingerprint density at radius 3 is 2.71 bits per heavy atom. The Balaban J connectivity index is 2.43. The standard InChI is InChI=1S/C14H17ClO2/c1-4-14(2,3)13(16)12-8-9-7-10(15)5-6-11(9)17-12/h5-8,13,16H,4H2,1-3H3. The summed E-state index contributed by atoms with van der Waals surface area (Å²) >= 11 is 5.92. The van der Waals surface area contributed by atoms with Crippen LogP contribution in [0.2, 0.25) is 5.02 Å². The van der Waals surface area contributed by atoms with Gasteiger partial charge in [0.15, 0.2) is 0 Å². The Bertz CT molecular complexity index is 528. The Kier molecular flexibility index (Phi) is 3.19. The van der Waals surface area contributed by atoms with E-state index >= 15 is 0 Å². The average molecular weight is 253 g/mol. The molecule has 0 radical (unpaired) electrons. The molecule has 1 aromatic carbocycles. The SMILES string of the molecule is CCC(C)(C)C(O)c1cc2cc(Cl)ccc2o1. The number of furan rings is 1.